The number of alkyl halides is 7. The highest BCUT2D eigenvalue weighted by Gasteiger charge is 2.78. The SMILES string of the molecule is C=C(CC)NS(=O)(=O)C(F)(F)C(F)(F)C(F)(F)F. The third kappa shape index (κ3) is 2.70. The second-order valence-corrected chi connectivity index (χ2v) is 4.88. The summed E-state index contributed by atoms with van der Waals surface area (Å²) in [5.41, 5.74) is -0.646. The average Bonchev–Trinajstić information content (AvgIpc) is 2.14. The van der Waals surface area contributed by atoms with Gasteiger partial charge in [-0.1, -0.05) is 13.5 Å². The van der Waals surface area contributed by atoms with Crippen molar-refractivity contribution in [1.29, 1.82) is 0 Å². The van der Waals surface area contributed by atoms with E-state index in [9.17, 15) is 39.2 Å². The van der Waals surface area contributed by atoms with Crippen LogP contribution >= 0.6 is 0 Å². The van der Waals surface area contributed by atoms with Crippen LogP contribution in [0.1, 0.15) is 13.3 Å². The zero-order chi connectivity index (χ0) is 15.0. The Balaban J connectivity index is 5.59. The molecule has 1 N–H and O–H groups in total. The first kappa shape index (κ1) is 17.0. The lowest BCUT2D eigenvalue weighted by Gasteiger charge is -2.28. The van der Waals surface area contributed by atoms with Crippen molar-refractivity contribution in [3.05, 3.63) is 12.3 Å². The Morgan fingerprint density at radius 1 is 1.11 bits per heavy atom. The van der Waals surface area contributed by atoms with Crippen molar-refractivity contribution in [2.45, 2.75) is 30.7 Å². The molecule has 0 aromatic rings. The Labute approximate surface area is 97.7 Å². The molecule has 0 unspecified atom stereocenters. The molecule has 0 amide bonds. The number of nitrogens with one attached hydrogen (secondary N) is 1. The van der Waals surface area contributed by atoms with Gasteiger partial charge in [-0.25, -0.2) is 0 Å². The lowest BCUT2D eigenvalue weighted by atomic mass is 10.3. The van der Waals surface area contributed by atoms with Crippen molar-refractivity contribution in [3.63, 3.8) is 0 Å². The molecule has 0 aliphatic rings. The Hall–Kier alpha value is -1.00. The summed E-state index contributed by atoms with van der Waals surface area (Å²) in [6, 6.07) is 0. The second-order valence-electron chi connectivity index (χ2n) is 3.15. The summed E-state index contributed by atoms with van der Waals surface area (Å²) in [4.78, 5) is 0. The molecular formula is C7H8F7NO2S. The molecule has 0 saturated heterocycles. The first-order valence-electron chi connectivity index (χ1n) is 4.23. The molecule has 18 heavy (non-hydrogen) atoms. The lowest BCUT2D eigenvalue weighted by Crippen LogP contribution is -2.58. The predicted octanol–water partition coefficient (Wildman–Crippen LogP) is 2.62. The quantitative estimate of drug-likeness (QED) is 0.794. The van der Waals surface area contributed by atoms with Crippen molar-refractivity contribution in [3.8, 4) is 0 Å². The first-order chi connectivity index (χ1) is 7.70. The van der Waals surface area contributed by atoms with Gasteiger partial charge in [-0.3, -0.25) is 4.72 Å². The van der Waals surface area contributed by atoms with Gasteiger partial charge in [0.2, 0.25) is 0 Å². The summed E-state index contributed by atoms with van der Waals surface area (Å²) < 4.78 is 108. The molecule has 0 fully saturated rings. The zero-order valence-corrected chi connectivity index (χ0v) is 9.60. The minimum Gasteiger partial charge on any atom is -0.283 e. The van der Waals surface area contributed by atoms with E-state index in [1.807, 2.05) is 0 Å². The van der Waals surface area contributed by atoms with Gasteiger partial charge in [0, 0.05) is 5.70 Å². The maximum absolute atomic E-state index is 12.8. The van der Waals surface area contributed by atoms with Crippen LogP contribution in [0.3, 0.4) is 0 Å². The highest BCUT2D eigenvalue weighted by Crippen LogP contribution is 2.48. The van der Waals surface area contributed by atoms with Gasteiger partial charge in [0.1, 0.15) is 0 Å². The standard InChI is InChI=1S/C7H8F7NO2S/c1-3-4(2)15-18(16,17)7(13,14)5(8,9)6(10,11)12/h15H,2-3H2,1H3. The van der Waals surface area contributed by atoms with E-state index in [-0.39, 0.29) is 6.42 Å². The predicted molar refractivity (Wildman–Crippen MR) is 47.4 cm³/mol. The molecule has 0 aliphatic carbocycles. The molecule has 0 bridgehead atoms. The van der Waals surface area contributed by atoms with Crippen molar-refractivity contribution < 1.29 is 39.2 Å². The molecule has 0 spiro atoms. The zero-order valence-electron chi connectivity index (χ0n) is 8.78. The Morgan fingerprint density at radius 3 is 1.78 bits per heavy atom. The monoisotopic (exact) mass is 303 g/mol. The van der Waals surface area contributed by atoms with Crippen LogP contribution in [0, 0.1) is 0 Å². The Bertz CT molecular complexity index is 426. The van der Waals surface area contributed by atoms with E-state index < -0.39 is 33.1 Å². The molecule has 0 rings (SSSR count). The Kier molecular flexibility index (Phi) is 4.34. The summed E-state index contributed by atoms with van der Waals surface area (Å²) in [5.74, 6) is -6.72. The topological polar surface area (TPSA) is 46.2 Å². The third-order valence-electron chi connectivity index (χ3n) is 1.76. The second kappa shape index (κ2) is 4.59. The fourth-order valence-corrected chi connectivity index (χ4v) is 1.77. The average molecular weight is 303 g/mol. The molecule has 0 atom stereocenters. The van der Waals surface area contributed by atoms with E-state index in [0.717, 1.165) is 4.72 Å². The fourth-order valence-electron chi connectivity index (χ4n) is 0.660. The summed E-state index contributed by atoms with van der Waals surface area (Å²) >= 11 is 0. The number of sulfonamides is 1. The maximum Gasteiger partial charge on any atom is 0.461 e. The largest absolute Gasteiger partial charge is 0.461 e. The highest BCUT2D eigenvalue weighted by atomic mass is 32.2. The molecule has 108 valence electrons. The molecule has 0 aromatic heterocycles. The summed E-state index contributed by atoms with van der Waals surface area (Å²) in [6.45, 7) is 4.09. The molecular weight excluding hydrogens is 295 g/mol. The minimum atomic E-state index is -6.72. The van der Waals surface area contributed by atoms with Gasteiger partial charge in [0.25, 0.3) is 0 Å². The van der Waals surface area contributed by atoms with E-state index in [4.69, 9.17) is 0 Å². The number of allylic oxidation sites excluding steroid dienone is 1. The van der Waals surface area contributed by atoms with Crippen molar-refractivity contribution in [1.82, 2.24) is 4.72 Å². The number of hydrogen-bond donors (Lipinski definition) is 1. The summed E-state index contributed by atoms with van der Waals surface area (Å²) in [7, 11) is -6.26. The van der Waals surface area contributed by atoms with Crippen LogP contribution in [-0.2, 0) is 10.0 Å². The van der Waals surface area contributed by atoms with Crippen molar-refractivity contribution in [2.24, 2.45) is 0 Å². The van der Waals surface area contributed by atoms with Crippen LogP contribution in [0.5, 0.6) is 0 Å². The van der Waals surface area contributed by atoms with Crippen LogP contribution in [0.25, 0.3) is 0 Å². The fraction of sp³-hybridized carbons (Fsp3) is 0.714. The van der Waals surface area contributed by atoms with E-state index in [1.165, 1.54) is 6.92 Å². The molecule has 0 saturated carbocycles. The Morgan fingerprint density at radius 2 is 1.50 bits per heavy atom. The van der Waals surface area contributed by atoms with Crippen LogP contribution in [0.15, 0.2) is 12.3 Å². The molecule has 0 aromatic carbocycles. The van der Waals surface area contributed by atoms with Crippen LogP contribution in [0.4, 0.5) is 30.7 Å². The van der Waals surface area contributed by atoms with Gasteiger partial charge >= 0.3 is 27.4 Å². The summed E-state index contributed by atoms with van der Waals surface area (Å²) in [6.07, 6.45) is -6.97. The van der Waals surface area contributed by atoms with Gasteiger partial charge in [-0.05, 0) is 6.42 Å². The van der Waals surface area contributed by atoms with E-state index in [1.54, 1.807) is 0 Å². The smallest absolute Gasteiger partial charge is 0.283 e. The van der Waals surface area contributed by atoms with Gasteiger partial charge in [-0.15, -0.1) is 0 Å². The third-order valence-corrected chi connectivity index (χ3v) is 3.25. The van der Waals surface area contributed by atoms with Crippen LogP contribution in [0.2, 0.25) is 0 Å². The number of hydrogen-bond acceptors (Lipinski definition) is 2. The lowest BCUT2D eigenvalue weighted by molar-refractivity contribution is -0.332. The minimum absolute atomic E-state index is 0.257. The summed E-state index contributed by atoms with van der Waals surface area (Å²) in [5, 5.41) is -6.35. The molecule has 0 heterocycles. The first-order valence-corrected chi connectivity index (χ1v) is 5.71. The van der Waals surface area contributed by atoms with Crippen molar-refractivity contribution in [2.75, 3.05) is 0 Å². The maximum atomic E-state index is 12.8. The van der Waals surface area contributed by atoms with Crippen LogP contribution in [-0.4, -0.2) is 25.8 Å². The van der Waals surface area contributed by atoms with Crippen molar-refractivity contribution >= 4 is 10.0 Å². The van der Waals surface area contributed by atoms with E-state index >= 15 is 0 Å². The van der Waals surface area contributed by atoms with Crippen LogP contribution < -0.4 is 4.72 Å². The molecule has 0 aliphatic heterocycles. The molecule has 11 heteroatoms. The van der Waals surface area contributed by atoms with Gasteiger partial charge in [-0.2, -0.15) is 39.2 Å². The van der Waals surface area contributed by atoms with E-state index in [2.05, 4.69) is 6.58 Å². The van der Waals surface area contributed by atoms with E-state index in [0.29, 0.717) is 0 Å². The van der Waals surface area contributed by atoms with Gasteiger partial charge in [0.05, 0.1) is 0 Å². The number of rotatable bonds is 5. The molecule has 3 nitrogen and oxygen atoms in total. The highest BCUT2D eigenvalue weighted by molar-refractivity contribution is 7.90. The normalized spacial score (nSPS) is 14.4. The molecule has 0 radical (unpaired) electrons. The number of halogens is 7. The van der Waals surface area contributed by atoms with Gasteiger partial charge in [0.15, 0.2) is 0 Å². The van der Waals surface area contributed by atoms with Gasteiger partial charge < -0.3 is 0 Å².